The Balaban J connectivity index is 1.42. The molecule has 8 heteroatoms. The molecule has 0 radical (unpaired) electrons. The predicted octanol–water partition coefficient (Wildman–Crippen LogP) is 2.42. The number of benzene rings is 1. The number of likely N-dealkylation sites (tertiary alicyclic amines) is 1. The molecule has 1 saturated heterocycles. The zero-order chi connectivity index (χ0) is 16.5. The Morgan fingerprint density at radius 2 is 1.83 bits per heavy atom. The van der Waals surface area contributed by atoms with E-state index in [1.165, 1.54) is 0 Å². The minimum Gasteiger partial charge on any atom is -0.338 e. The molecule has 1 aliphatic rings. The van der Waals surface area contributed by atoms with Crippen molar-refractivity contribution in [2.75, 3.05) is 13.1 Å². The lowest BCUT2D eigenvalue weighted by atomic mass is 9.99. The number of carbonyl (C=O) groups is 1. The number of carbonyl (C=O) groups excluding carboxylic acids is 1. The summed E-state index contributed by atoms with van der Waals surface area (Å²) in [4.78, 5) is 26.6. The Hall–Kier alpha value is -2.80. The molecule has 0 unspecified atom stereocenters. The van der Waals surface area contributed by atoms with E-state index in [-0.39, 0.29) is 11.8 Å². The number of hydrogen-bond donors (Lipinski definition) is 0. The second-order valence-corrected chi connectivity index (χ2v) is 5.88. The van der Waals surface area contributed by atoms with Gasteiger partial charge < -0.3 is 9.42 Å². The number of amides is 1. The molecular weight excluding hydrogens is 330 g/mol. The van der Waals surface area contributed by atoms with Gasteiger partial charge in [-0.05, 0) is 30.3 Å². The Kier molecular flexibility index (Phi) is 3.70. The van der Waals surface area contributed by atoms with Crippen molar-refractivity contribution in [1.29, 1.82) is 0 Å². The molecule has 0 atom stereocenters. The van der Waals surface area contributed by atoms with Gasteiger partial charge in [-0.15, -0.1) is 0 Å². The highest BCUT2D eigenvalue weighted by atomic mass is 35.5. The molecule has 0 spiro atoms. The summed E-state index contributed by atoms with van der Waals surface area (Å²) >= 11 is 5.84. The molecule has 1 amide bonds. The maximum absolute atomic E-state index is 12.3. The first-order valence-electron chi connectivity index (χ1n) is 7.36. The van der Waals surface area contributed by atoms with Crippen molar-refractivity contribution in [2.45, 2.75) is 5.92 Å². The fourth-order valence-corrected chi connectivity index (χ4v) is 2.61. The zero-order valence-electron chi connectivity index (χ0n) is 12.5. The summed E-state index contributed by atoms with van der Waals surface area (Å²) in [5, 5.41) is 4.50. The van der Waals surface area contributed by atoms with Crippen LogP contribution in [0.1, 0.15) is 22.2 Å². The van der Waals surface area contributed by atoms with Gasteiger partial charge in [0.25, 0.3) is 5.91 Å². The van der Waals surface area contributed by atoms with Gasteiger partial charge in [-0.1, -0.05) is 16.8 Å². The summed E-state index contributed by atoms with van der Waals surface area (Å²) in [6.07, 6.45) is 3.24. The van der Waals surface area contributed by atoms with Crippen LogP contribution < -0.4 is 0 Å². The highest BCUT2D eigenvalue weighted by Gasteiger charge is 2.36. The summed E-state index contributed by atoms with van der Waals surface area (Å²) < 4.78 is 5.28. The third kappa shape index (κ3) is 2.74. The molecule has 2 aromatic heterocycles. The van der Waals surface area contributed by atoms with E-state index < -0.39 is 0 Å². The summed E-state index contributed by atoms with van der Waals surface area (Å²) in [6, 6.07) is 8.56. The number of rotatable bonds is 3. The van der Waals surface area contributed by atoms with Crippen LogP contribution in [0.15, 0.2) is 47.2 Å². The van der Waals surface area contributed by atoms with Crippen molar-refractivity contribution in [1.82, 2.24) is 25.0 Å². The Morgan fingerprint density at radius 1 is 1.12 bits per heavy atom. The summed E-state index contributed by atoms with van der Waals surface area (Å²) in [5.74, 6) is 1.27. The van der Waals surface area contributed by atoms with Crippen LogP contribution in [0.2, 0.25) is 5.02 Å². The van der Waals surface area contributed by atoms with E-state index in [0.29, 0.717) is 41.2 Å². The van der Waals surface area contributed by atoms with Crippen molar-refractivity contribution >= 4 is 17.5 Å². The molecule has 4 rings (SSSR count). The van der Waals surface area contributed by atoms with Crippen molar-refractivity contribution in [3.8, 4) is 11.6 Å². The SMILES string of the molecule is O=C(c1ccc(Cl)cc1)N1CC(c2nc(-c3ncccn3)no2)C1. The molecule has 0 saturated carbocycles. The van der Waals surface area contributed by atoms with Gasteiger partial charge in [0.05, 0.1) is 5.92 Å². The van der Waals surface area contributed by atoms with Crippen LogP contribution in [0.4, 0.5) is 0 Å². The molecule has 1 fully saturated rings. The first kappa shape index (κ1) is 14.8. The fraction of sp³-hybridized carbons (Fsp3) is 0.188. The number of nitrogens with zero attached hydrogens (tertiary/aromatic N) is 5. The Labute approximate surface area is 142 Å². The summed E-state index contributed by atoms with van der Waals surface area (Å²) in [6.45, 7) is 1.08. The number of hydrogen-bond acceptors (Lipinski definition) is 6. The standard InChI is InChI=1S/C16H12ClN5O2/c17-12-4-2-10(3-5-12)16(23)22-8-11(9-22)15-20-14(21-24-15)13-18-6-1-7-19-13/h1-7,11H,8-9H2. The van der Waals surface area contributed by atoms with E-state index in [4.69, 9.17) is 16.1 Å². The van der Waals surface area contributed by atoms with Crippen LogP contribution in [0.5, 0.6) is 0 Å². The molecule has 3 heterocycles. The topological polar surface area (TPSA) is 85.0 Å². The van der Waals surface area contributed by atoms with Crippen molar-refractivity contribution < 1.29 is 9.32 Å². The van der Waals surface area contributed by atoms with Gasteiger partial charge in [0.2, 0.25) is 17.5 Å². The highest BCUT2D eigenvalue weighted by Crippen LogP contribution is 2.28. The first-order chi connectivity index (χ1) is 11.7. The second kappa shape index (κ2) is 6.01. The quantitative estimate of drug-likeness (QED) is 0.727. The van der Waals surface area contributed by atoms with Gasteiger partial charge in [0.15, 0.2) is 0 Å². The van der Waals surface area contributed by atoms with E-state index in [9.17, 15) is 4.79 Å². The largest absolute Gasteiger partial charge is 0.338 e. The van der Waals surface area contributed by atoms with Crippen LogP contribution >= 0.6 is 11.6 Å². The smallest absolute Gasteiger partial charge is 0.253 e. The van der Waals surface area contributed by atoms with Gasteiger partial charge in [-0.25, -0.2) is 9.97 Å². The van der Waals surface area contributed by atoms with Gasteiger partial charge >= 0.3 is 0 Å². The summed E-state index contributed by atoms with van der Waals surface area (Å²) in [7, 11) is 0. The maximum atomic E-state index is 12.3. The lowest BCUT2D eigenvalue weighted by Crippen LogP contribution is -2.48. The normalized spacial score (nSPS) is 14.5. The van der Waals surface area contributed by atoms with Crippen molar-refractivity contribution in [2.24, 2.45) is 0 Å². The molecule has 24 heavy (non-hydrogen) atoms. The monoisotopic (exact) mass is 341 g/mol. The summed E-state index contributed by atoms with van der Waals surface area (Å²) in [5.41, 5.74) is 0.613. The van der Waals surface area contributed by atoms with E-state index in [1.54, 1.807) is 47.6 Å². The third-order valence-corrected chi connectivity index (χ3v) is 4.07. The minimum absolute atomic E-state index is 0.0333. The molecule has 0 bridgehead atoms. The Bertz CT molecular complexity index is 860. The lowest BCUT2D eigenvalue weighted by Gasteiger charge is -2.37. The van der Waals surface area contributed by atoms with Gasteiger partial charge in [0, 0.05) is 36.1 Å². The zero-order valence-corrected chi connectivity index (χ0v) is 13.2. The Morgan fingerprint density at radius 3 is 2.54 bits per heavy atom. The average Bonchev–Trinajstić information content (AvgIpc) is 3.04. The van der Waals surface area contributed by atoms with Crippen LogP contribution in [0.25, 0.3) is 11.6 Å². The van der Waals surface area contributed by atoms with Crippen molar-refractivity contribution in [3.63, 3.8) is 0 Å². The molecule has 1 aliphatic heterocycles. The van der Waals surface area contributed by atoms with Crippen LogP contribution in [-0.4, -0.2) is 44.0 Å². The van der Waals surface area contributed by atoms with E-state index in [1.807, 2.05) is 0 Å². The van der Waals surface area contributed by atoms with Gasteiger partial charge in [0.1, 0.15) is 0 Å². The second-order valence-electron chi connectivity index (χ2n) is 5.44. The van der Waals surface area contributed by atoms with Gasteiger partial charge in [-0.2, -0.15) is 4.98 Å². The minimum atomic E-state index is -0.0333. The van der Waals surface area contributed by atoms with Crippen LogP contribution in [-0.2, 0) is 0 Å². The van der Waals surface area contributed by atoms with E-state index in [2.05, 4.69) is 20.1 Å². The van der Waals surface area contributed by atoms with Gasteiger partial charge in [-0.3, -0.25) is 4.79 Å². The third-order valence-electron chi connectivity index (χ3n) is 3.82. The molecule has 1 aromatic carbocycles. The molecular formula is C16H12ClN5O2. The van der Waals surface area contributed by atoms with Crippen molar-refractivity contribution in [3.05, 3.63) is 59.2 Å². The maximum Gasteiger partial charge on any atom is 0.253 e. The van der Waals surface area contributed by atoms with E-state index in [0.717, 1.165) is 0 Å². The highest BCUT2D eigenvalue weighted by molar-refractivity contribution is 6.30. The van der Waals surface area contributed by atoms with Crippen LogP contribution in [0.3, 0.4) is 0 Å². The molecule has 7 nitrogen and oxygen atoms in total. The fourth-order valence-electron chi connectivity index (χ4n) is 2.48. The average molecular weight is 342 g/mol. The molecule has 0 aliphatic carbocycles. The number of halogens is 1. The molecule has 3 aromatic rings. The first-order valence-corrected chi connectivity index (χ1v) is 7.74. The molecule has 0 N–H and O–H groups in total. The van der Waals surface area contributed by atoms with E-state index >= 15 is 0 Å². The predicted molar refractivity (Wildman–Crippen MR) is 85.4 cm³/mol. The lowest BCUT2D eigenvalue weighted by molar-refractivity contribution is 0.0569. The number of aromatic nitrogens is 4. The molecule has 120 valence electrons. The van der Waals surface area contributed by atoms with Crippen LogP contribution in [0, 0.1) is 0 Å².